The summed E-state index contributed by atoms with van der Waals surface area (Å²) in [5.41, 5.74) is 0. The average Bonchev–Trinajstić information content (AvgIpc) is 2.92. The van der Waals surface area contributed by atoms with Gasteiger partial charge in [0.05, 0.1) is 13.2 Å². The van der Waals surface area contributed by atoms with E-state index in [0.717, 1.165) is 31.5 Å². The molecule has 4 nitrogen and oxygen atoms in total. The smallest absolute Gasteiger partial charge is 0.0697 e. The van der Waals surface area contributed by atoms with Crippen molar-refractivity contribution in [2.45, 2.75) is 57.0 Å². The number of hydrogen-bond acceptors (Lipinski definition) is 4. The molecule has 2 rings (SSSR count). The van der Waals surface area contributed by atoms with E-state index in [1.54, 1.807) is 0 Å². The van der Waals surface area contributed by atoms with E-state index in [1.807, 2.05) is 0 Å². The zero-order valence-corrected chi connectivity index (χ0v) is 12.1. The standard InChI is InChI=1S/C15H30N2O2/c18-10-12-19-11-4-9-17-15-7-3-5-13(15)14-6-1-2-8-16-14/h13-18H,1-12H2. The monoisotopic (exact) mass is 270 g/mol. The minimum absolute atomic E-state index is 0.130. The first-order chi connectivity index (χ1) is 9.42. The van der Waals surface area contributed by atoms with E-state index in [-0.39, 0.29) is 6.61 Å². The number of hydrogen-bond donors (Lipinski definition) is 3. The number of piperidine rings is 1. The Morgan fingerprint density at radius 1 is 1.11 bits per heavy atom. The molecule has 0 amide bonds. The van der Waals surface area contributed by atoms with Crippen LogP contribution >= 0.6 is 0 Å². The summed E-state index contributed by atoms with van der Waals surface area (Å²) in [5.74, 6) is 0.832. The number of ether oxygens (including phenoxy) is 1. The summed E-state index contributed by atoms with van der Waals surface area (Å²) in [6.07, 6.45) is 9.25. The number of aliphatic hydroxyl groups excluding tert-OH is 1. The largest absolute Gasteiger partial charge is 0.394 e. The molecule has 19 heavy (non-hydrogen) atoms. The Kier molecular flexibility index (Phi) is 7.14. The first-order valence-electron chi connectivity index (χ1n) is 8.07. The third-order valence-corrected chi connectivity index (χ3v) is 4.54. The second kappa shape index (κ2) is 8.90. The molecule has 1 aliphatic heterocycles. The number of aliphatic hydroxyl groups is 1. The van der Waals surface area contributed by atoms with Crippen LogP contribution in [0, 0.1) is 5.92 Å². The maximum Gasteiger partial charge on any atom is 0.0697 e. The summed E-state index contributed by atoms with van der Waals surface area (Å²) in [7, 11) is 0. The van der Waals surface area contributed by atoms with Crippen molar-refractivity contribution >= 4 is 0 Å². The van der Waals surface area contributed by atoms with E-state index in [0.29, 0.717) is 12.6 Å². The van der Waals surface area contributed by atoms with Crippen LogP contribution in [0.25, 0.3) is 0 Å². The van der Waals surface area contributed by atoms with Crippen LogP contribution in [-0.2, 0) is 4.74 Å². The fourth-order valence-corrected chi connectivity index (χ4v) is 3.60. The fraction of sp³-hybridized carbons (Fsp3) is 1.00. The second-order valence-electron chi connectivity index (χ2n) is 5.90. The van der Waals surface area contributed by atoms with E-state index >= 15 is 0 Å². The van der Waals surface area contributed by atoms with Crippen molar-refractivity contribution in [2.75, 3.05) is 32.9 Å². The third-order valence-electron chi connectivity index (χ3n) is 4.54. The SMILES string of the molecule is OCCOCCCNC1CCCC1C1CCCCN1. The summed E-state index contributed by atoms with van der Waals surface area (Å²) in [5, 5.41) is 16.1. The van der Waals surface area contributed by atoms with Crippen molar-refractivity contribution in [1.82, 2.24) is 10.6 Å². The Bertz CT molecular complexity index is 232. The number of nitrogens with one attached hydrogen (secondary N) is 2. The molecule has 1 aliphatic carbocycles. The van der Waals surface area contributed by atoms with Crippen molar-refractivity contribution in [3.05, 3.63) is 0 Å². The lowest BCUT2D eigenvalue weighted by Crippen LogP contribution is -2.47. The van der Waals surface area contributed by atoms with E-state index < -0.39 is 0 Å². The van der Waals surface area contributed by atoms with Crippen LogP contribution < -0.4 is 10.6 Å². The highest BCUT2D eigenvalue weighted by atomic mass is 16.5. The topological polar surface area (TPSA) is 53.5 Å². The van der Waals surface area contributed by atoms with E-state index in [4.69, 9.17) is 9.84 Å². The van der Waals surface area contributed by atoms with Gasteiger partial charge in [0.1, 0.15) is 0 Å². The Hall–Kier alpha value is -0.160. The van der Waals surface area contributed by atoms with E-state index in [2.05, 4.69) is 10.6 Å². The van der Waals surface area contributed by atoms with Crippen LogP contribution in [0.15, 0.2) is 0 Å². The molecular formula is C15H30N2O2. The second-order valence-corrected chi connectivity index (χ2v) is 5.90. The highest BCUT2D eigenvalue weighted by Crippen LogP contribution is 2.31. The minimum Gasteiger partial charge on any atom is -0.394 e. The molecular weight excluding hydrogens is 240 g/mol. The predicted octanol–water partition coefficient (Wildman–Crippen LogP) is 1.29. The van der Waals surface area contributed by atoms with Crippen LogP contribution in [-0.4, -0.2) is 50.1 Å². The quantitative estimate of drug-likeness (QED) is 0.582. The Balaban J connectivity index is 1.61. The van der Waals surface area contributed by atoms with Gasteiger partial charge < -0.3 is 20.5 Å². The first-order valence-corrected chi connectivity index (χ1v) is 8.07. The lowest BCUT2D eigenvalue weighted by atomic mass is 9.88. The normalized spacial score (nSPS) is 31.7. The molecule has 1 saturated heterocycles. The van der Waals surface area contributed by atoms with E-state index in [9.17, 15) is 0 Å². The summed E-state index contributed by atoms with van der Waals surface area (Å²) in [4.78, 5) is 0. The van der Waals surface area contributed by atoms with Gasteiger partial charge in [0.15, 0.2) is 0 Å². The van der Waals surface area contributed by atoms with Gasteiger partial charge in [-0.05, 0) is 51.1 Å². The van der Waals surface area contributed by atoms with Crippen LogP contribution in [0.5, 0.6) is 0 Å². The lowest BCUT2D eigenvalue weighted by molar-refractivity contribution is 0.0900. The summed E-state index contributed by atoms with van der Waals surface area (Å²) < 4.78 is 5.29. The molecule has 0 spiro atoms. The molecule has 4 heteroatoms. The van der Waals surface area contributed by atoms with Gasteiger partial charge in [-0.1, -0.05) is 12.8 Å². The van der Waals surface area contributed by atoms with Gasteiger partial charge in [-0.25, -0.2) is 0 Å². The van der Waals surface area contributed by atoms with Gasteiger partial charge in [0.2, 0.25) is 0 Å². The molecule has 112 valence electrons. The Labute approximate surface area is 117 Å². The maximum absolute atomic E-state index is 8.63. The van der Waals surface area contributed by atoms with Crippen LogP contribution in [0.2, 0.25) is 0 Å². The van der Waals surface area contributed by atoms with E-state index in [1.165, 1.54) is 45.1 Å². The Morgan fingerprint density at radius 3 is 2.84 bits per heavy atom. The lowest BCUT2D eigenvalue weighted by Gasteiger charge is -2.33. The average molecular weight is 270 g/mol. The molecule has 0 aromatic rings. The van der Waals surface area contributed by atoms with Crippen molar-refractivity contribution in [3.63, 3.8) is 0 Å². The molecule has 2 aliphatic rings. The van der Waals surface area contributed by atoms with Crippen molar-refractivity contribution in [1.29, 1.82) is 0 Å². The summed E-state index contributed by atoms with van der Waals surface area (Å²) in [6, 6.07) is 1.45. The van der Waals surface area contributed by atoms with Gasteiger partial charge in [0, 0.05) is 18.7 Å². The van der Waals surface area contributed by atoms with Crippen LogP contribution in [0.4, 0.5) is 0 Å². The highest BCUT2D eigenvalue weighted by Gasteiger charge is 2.33. The maximum atomic E-state index is 8.63. The van der Waals surface area contributed by atoms with Gasteiger partial charge in [-0.15, -0.1) is 0 Å². The molecule has 0 bridgehead atoms. The molecule has 3 unspecified atom stereocenters. The van der Waals surface area contributed by atoms with Crippen molar-refractivity contribution in [3.8, 4) is 0 Å². The molecule has 0 aromatic carbocycles. The van der Waals surface area contributed by atoms with Gasteiger partial charge in [0.25, 0.3) is 0 Å². The van der Waals surface area contributed by atoms with Crippen LogP contribution in [0.1, 0.15) is 44.9 Å². The predicted molar refractivity (Wildman–Crippen MR) is 77.3 cm³/mol. The van der Waals surface area contributed by atoms with Gasteiger partial charge in [-0.3, -0.25) is 0 Å². The minimum atomic E-state index is 0.130. The molecule has 1 heterocycles. The summed E-state index contributed by atoms with van der Waals surface area (Å²) >= 11 is 0. The Morgan fingerprint density at radius 2 is 2.05 bits per heavy atom. The highest BCUT2D eigenvalue weighted by molar-refractivity contribution is 4.92. The summed E-state index contributed by atoms with van der Waals surface area (Å²) in [6.45, 7) is 3.61. The fourth-order valence-electron chi connectivity index (χ4n) is 3.60. The third kappa shape index (κ3) is 5.03. The van der Waals surface area contributed by atoms with Crippen LogP contribution in [0.3, 0.4) is 0 Å². The molecule has 3 atom stereocenters. The number of rotatable bonds is 8. The first kappa shape index (κ1) is 15.2. The molecule has 1 saturated carbocycles. The molecule has 2 fully saturated rings. The zero-order chi connectivity index (χ0) is 13.3. The van der Waals surface area contributed by atoms with Gasteiger partial charge >= 0.3 is 0 Å². The van der Waals surface area contributed by atoms with Gasteiger partial charge in [-0.2, -0.15) is 0 Å². The van der Waals surface area contributed by atoms with Crippen molar-refractivity contribution in [2.24, 2.45) is 5.92 Å². The zero-order valence-electron chi connectivity index (χ0n) is 12.1. The molecule has 0 aromatic heterocycles. The van der Waals surface area contributed by atoms with Crippen molar-refractivity contribution < 1.29 is 9.84 Å². The molecule has 3 N–H and O–H groups in total. The molecule has 0 radical (unpaired) electrons.